The Labute approximate surface area is 169 Å². The summed E-state index contributed by atoms with van der Waals surface area (Å²) in [6.07, 6.45) is 3.28. The lowest BCUT2D eigenvalue weighted by Crippen LogP contribution is -2.44. The maximum Gasteiger partial charge on any atom is 0.401 e. The fourth-order valence-corrected chi connectivity index (χ4v) is 4.46. The first-order chi connectivity index (χ1) is 13.9. The molecule has 6 nitrogen and oxygen atoms in total. The fraction of sp³-hybridized carbons (Fsp3) is 0.421. The van der Waals surface area contributed by atoms with Crippen molar-refractivity contribution in [3.05, 3.63) is 41.9 Å². The first kappa shape index (κ1) is 19.8. The van der Waals surface area contributed by atoms with Gasteiger partial charge in [0.15, 0.2) is 0 Å². The first-order valence-electron chi connectivity index (χ1n) is 9.36. The van der Waals surface area contributed by atoms with E-state index in [1.165, 1.54) is 11.3 Å². The first-order valence-corrected chi connectivity index (χ1v) is 10.2. The number of aromatic nitrogens is 3. The number of thiophene rings is 1. The molecule has 10 heteroatoms. The molecule has 3 aromatic rings. The number of fused-ring (bicyclic) bond motifs is 1. The van der Waals surface area contributed by atoms with Crippen molar-refractivity contribution in [1.29, 1.82) is 0 Å². The number of halogens is 3. The molecule has 4 rings (SSSR count). The molecule has 154 valence electrons. The molecule has 1 aliphatic rings. The van der Waals surface area contributed by atoms with Crippen LogP contribution in [0.2, 0.25) is 0 Å². The highest BCUT2D eigenvalue weighted by atomic mass is 32.1. The summed E-state index contributed by atoms with van der Waals surface area (Å²) in [7, 11) is 0. The summed E-state index contributed by atoms with van der Waals surface area (Å²) in [6, 6.07) is 3.61. The SMILES string of the molecule is O=C(N[C@H]1CC[C@H](NCC(F)(F)F)CC1)c1nc(-n2ccnc2)cc2ccsc12. The van der Waals surface area contributed by atoms with E-state index in [2.05, 4.69) is 20.6 Å². The summed E-state index contributed by atoms with van der Waals surface area (Å²) < 4.78 is 39.6. The van der Waals surface area contributed by atoms with Crippen molar-refractivity contribution >= 4 is 27.3 Å². The minimum Gasteiger partial charge on any atom is -0.348 e. The molecule has 2 N–H and O–H groups in total. The second kappa shape index (κ2) is 8.11. The Hall–Kier alpha value is -2.46. The van der Waals surface area contributed by atoms with Crippen LogP contribution in [-0.4, -0.2) is 45.2 Å². The zero-order valence-electron chi connectivity index (χ0n) is 15.4. The van der Waals surface area contributed by atoms with Crippen molar-refractivity contribution in [2.45, 2.75) is 43.9 Å². The van der Waals surface area contributed by atoms with Gasteiger partial charge in [0.25, 0.3) is 5.91 Å². The average Bonchev–Trinajstić information content (AvgIpc) is 3.37. The van der Waals surface area contributed by atoms with Gasteiger partial charge in [-0.3, -0.25) is 9.36 Å². The van der Waals surface area contributed by atoms with Crippen LogP contribution in [-0.2, 0) is 0 Å². The predicted octanol–water partition coefficient (Wildman–Crippen LogP) is 3.67. The number of carbonyl (C=O) groups excluding carboxylic acids is 1. The zero-order chi connectivity index (χ0) is 20.4. The van der Waals surface area contributed by atoms with E-state index >= 15 is 0 Å². The Morgan fingerprint density at radius 1 is 1.24 bits per heavy atom. The summed E-state index contributed by atoms with van der Waals surface area (Å²) in [5, 5.41) is 8.41. The number of amides is 1. The molecule has 1 saturated carbocycles. The van der Waals surface area contributed by atoms with Crippen molar-refractivity contribution < 1.29 is 18.0 Å². The van der Waals surface area contributed by atoms with E-state index < -0.39 is 12.7 Å². The maximum atomic E-state index is 12.9. The lowest BCUT2D eigenvalue weighted by molar-refractivity contribution is -0.126. The van der Waals surface area contributed by atoms with Crippen LogP contribution in [0.15, 0.2) is 36.2 Å². The molecule has 0 unspecified atom stereocenters. The fourth-order valence-electron chi connectivity index (χ4n) is 3.60. The van der Waals surface area contributed by atoms with Crippen molar-refractivity contribution in [2.75, 3.05) is 6.54 Å². The molecular formula is C19H20F3N5OS. The molecule has 3 aromatic heterocycles. The molecule has 1 aliphatic carbocycles. The molecule has 3 heterocycles. The molecule has 0 atom stereocenters. The van der Waals surface area contributed by atoms with Crippen molar-refractivity contribution in [3.63, 3.8) is 0 Å². The van der Waals surface area contributed by atoms with E-state index in [-0.39, 0.29) is 18.0 Å². The molecule has 0 aliphatic heterocycles. The van der Waals surface area contributed by atoms with E-state index in [0.29, 0.717) is 37.2 Å². The number of imidazole rings is 1. The van der Waals surface area contributed by atoms with Crippen LogP contribution in [0, 0.1) is 0 Å². The molecule has 1 amide bonds. The van der Waals surface area contributed by atoms with Crippen LogP contribution in [0.4, 0.5) is 13.2 Å². The monoisotopic (exact) mass is 423 g/mol. The van der Waals surface area contributed by atoms with E-state index in [4.69, 9.17) is 0 Å². The molecule has 0 radical (unpaired) electrons. The Kier molecular flexibility index (Phi) is 5.55. The minimum atomic E-state index is -4.21. The zero-order valence-corrected chi connectivity index (χ0v) is 16.3. The van der Waals surface area contributed by atoms with E-state index in [9.17, 15) is 18.0 Å². The molecule has 0 saturated heterocycles. The standard InChI is InChI=1S/C19H20F3N5OS/c20-19(21,22)10-24-13-1-3-14(4-2-13)25-18(28)16-17-12(5-8-29-17)9-15(26-16)27-7-6-23-11-27/h5-9,11,13-14,24H,1-4,10H2,(H,25,28)/t13-,14-. The van der Waals surface area contributed by atoms with E-state index in [1.54, 1.807) is 23.3 Å². The van der Waals surface area contributed by atoms with Gasteiger partial charge in [0.2, 0.25) is 0 Å². The van der Waals surface area contributed by atoms with Crippen LogP contribution in [0.5, 0.6) is 0 Å². The van der Waals surface area contributed by atoms with E-state index in [0.717, 1.165) is 10.1 Å². The number of alkyl halides is 3. The number of carbonyl (C=O) groups is 1. The molecule has 0 aromatic carbocycles. The van der Waals surface area contributed by atoms with Crippen molar-refractivity contribution in [3.8, 4) is 5.82 Å². The Morgan fingerprint density at radius 3 is 2.69 bits per heavy atom. The van der Waals surface area contributed by atoms with Crippen molar-refractivity contribution in [2.24, 2.45) is 0 Å². The number of pyridine rings is 1. The third kappa shape index (κ3) is 4.76. The second-order valence-corrected chi connectivity index (χ2v) is 8.07. The largest absolute Gasteiger partial charge is 0.401 e. The summed E-state index contributed by atoms with van der Waals surface area (Å²) >= 11 is 1.45. The average molecular weight is 423 g/mol. The molecular weight excluding hydrogens is 403 g/mol. The summed E-state index contributed by atoms with van der Waals surface area (Å²) in [6.45, 7) is -0.976. The maximum absolute atomic E-state index is 12.9. The van der Waals surface area contributed by atoms with Gasteiger partial charge in [-0.2, -0.15) is 13.2 Å². The van der Waals surface area contributed by atoms with E-state index in [1.807, 2.05) is 17.5 Å². The smallest absolute Gasteiger partial charge is 0.348 e. The van der Waals surface area contributed by atoms with Gasteiger partial charge in [-0.1, -0.05) is 0 Å². The Balaban J connectivity index is 1.43. The summed E-state index contributed by atoms with van der Waals surface area (Å²) in [5.74, 6) is 0.352. The molecule has 1 fully saturated rings. The lowest BCUT2D eigenvalue weighted by Gasteiger charge is -2.30. The van der Waals surface area contributed by atoms with Gasteiger partial charge >= 0.3 is 6.18 Å². The Morgan fingerprint density at radius 2 is 2.00 bits per heavy atom. The topological polar surface area (TPSA) is 71.8 Å². The van der Waals surface area contributed by atoms with Gasteiger partial charge in [0.05, 0.1) is 11.2 Å². The second-order valence-electron chi connectivity index (χ2n) is 7.16. The summed E-state index contributed by atoms with van der Waals surface area (Å²) in [4.78, 5) is 21.5. The molecule has 0 spiro atoms. The minimum absolute atomic E-state index is 0.0693. The van der Waals surface area contributed by atoms with Gasteiger partial charge in [0.1, 0.15) is 17.8 Å². The van der Waals surface area contributed by atoms with Crippen LogP contribution in [0.3, 0.4) is 0 Å². The highest BCUT2D eigenvalue weighted by molar-refractivity contribution is 7.17. The normalized spacial score (nSPS) is 20.1. The highest BCUT2D eigenvalue weighted by Gasteiger charge is 2.30. The number of hydrogen-bond donors (Lipinski definition) is 2. The lowest BCUT2D eigenvalue weighted by atomic mass is 9.91. The summed E-state index contributed by atoms with van der Waals surface area (Å²) in [5.41, 5.74) is 0.360. The number of nitrogens with one attached hydrogen (secondary N) is 2. The van der Waals surface area contributed by atoms with Crippen LogP contribution in [0.25, 0.3) is 15.9 Å². The van der Waals surface area contributed by atoms with Crippen molar-refractivity contribution in [1.82, 2.24) is 25.2 Å². The van der Waals surface area contributed by atoms with Gasteiger partial charge in [-0.05, 0) is 48.6 Å². The molecule has 29 heavy (non-hydrogen) atoms. The third-order valence-corrected chi connectivity index (χ3v) is 6.00. The van der Waals surface area contributed by atoms with Gasteiger partial charge < -0.3 is 10.6 Å². The van der Waals surface area contributed by atoms with Gasteiger partial charge in [-0.15, -0.1) is 11.3 Å². The van der Waals surface area contributed by atoms with Crippen LogP contribution < -0.4 is 10.6 Å². The van der Waals surface area contributed by atoms with Gasteiger partial charge in [-0.25, -0.2) is 9.97 Å². The number of hydrogen-bond acceptors (Lipinski definition) is 5. The third-order valence-electron chi connectivity index (χ3n) is 5.06. The molecule has 0 bridgehead atoms. The van der Waals surface area contributed by atoms with Gasteiger partial charge in [0, 0.05) is 24.5 Å². The van der Waals surface area contributed by atoms with Crippen LogP contribution in [0.1, 0.15) is 36.2 Å². The predicted molar refractivity (Wildman–Crippen MR) is 104 cm³/mol. The number of rotatable bonds is 5. The van der Waals surface area contributed by atoms with Crippen LogP contribution >= 0.6 is 11.3 Å². The quantitative estimate of drug-likeness (QED) is 0.657. The Bertz CT molecular complexity index is 978. The number of nitrogens with zero attached hydrogens (tertiary/aromatic N) is 3. The highest BCUT2D eigenvalue weighted by Crippen LogP contribution is 2.27.